The summed E-state index contributed by atoms with van der Waals surface area (Å²) in [7, 11) is 0. The first-order chi connectivity index (χ1) is 8.06. The van der Waals surface area contributed by atoms with Crippen LogP contribution in [0.1, 0.15) is 5.56 Å². The van der Waals surface area contributed by atoms with Crippen LogP contribution in [-0.4, -0.2) is 0 Å². The first-order valence-electron chi connectivity index (χ1n) is 5.14. The molecule has 0 aliphatic rings. The van der Waals surface area contributed by atoms with Crippen molar-refractivity contribution in [3.8, 4) is 0 Å². The molecule has 2 aromatic carbocycles. The molecule has 4 heteroatoms. The maximum Gasteiger partial charge on any atom is 0.143 e. The summed E-state index contributed by atoms with van der Waals surface area (Å²) in [4.78, 5) is 0. The summed E-state index contributed by atoms with van der Waals surface area (Å²) in [5.41, 5.74) is 8.95. The van der Waals surface area contributed by atoms with Gasteiger partial charge in [0, 0.05) is 17.1 Å². The summed E-state index contributed by atoms with van der Waals surface area (Å²) in [5, 5.41) is 3.17. The zero-order valence-electron chi connectivity index (χ0n) is 9.30. The Morgan fingerprint density at radius 2 is 1.76 bits per heavy atom. The lowest BCUT2D eigenvalue weighted by atomic mass is 10.2. The molecule has 0 unspecified atom stereocenters. The number of hydrogen-bond donors (Lipinski definition) is 2. The van der Waals surface area contributed by atoms with E-state index >= 15 is 0 Å². The third-order valence-electron chi connectivity index (χ3n) is 2.49. The van der Waals surface area contributed by atoms with Crippen molar-refractivity contribution in [2.75, 3.05) is 11.1 Å². The molecule has 2 nitrogen and oxygen atoms in total. The minimum absolute atomic E-state index is 0.110. The number of nitrogens with two attached hydrogens (primary N) is 1. The number of nitrogen functional groups attached to an aromatic ring is 1. The number of halogens is 2. The Morgan fingerprint density at radius 3 is 2.41 bits per heavy atom. The van der Waals surface area contributed by atoms with Gasteiger partial charge in [-0.05, 0) is 42.8 Å². The predicted molar refractivity (Wildman–Crippen MR) is 70.3 cm³/mol. The Balaban J connectivity index is 2.25. The highest BCUT2D eigenvalue weighted by Gasteiger charge is 2.02. The van der Waals surface area contributed by atoms with Gasteiger partial charge in [0.1, 0.15) is 5.82 Å². The first-order valence-corrected chi connectivity index (χ1v) is 5.52. The molecule has 2 rings (SSSR count). The summed E-state index contributed by atoms with van der Waals surface area (Å²) >= 11 is 5.61. The van der Waals surface area contributed by atoms with Gasteiger partial charge in [-0.15, -0.1) is 0 Å². The lowest BCUT2D eigenvalue weighted by molar-refractivity contribution is 0.629. The smallest absolute Gasteiger partial charge is 0.143 e. The molecule has 0 saturated heterocycles. The van der Waals surface area contributed by atoms with Crippen molar-refractivity contribution in [3.05, 3.63) is 52.8 Å². The van der Waals surface area contributed by atoms with E-state index in [0.29, 0.717) is 11.4 Å². The minimum Gasteiger partial charge on any atom is -0.398 e. The van der Waals surface area contributed by atoms with Crippen LogP contribution >= 0.6 is 11.6 Å². The summed E-state index contributed by atoms with van der Waals surface area (Å²) < 4.78 is 13.2. The summed E-state index contributed by atoms with van der Waals surface area (Å²) in [6.07, 6.45) is 0. The molecule has 0 bridgehead atoms. The molecular weight excluding hydrogens is 239 g/mol. The fourth-order valence-corrected chi connectivity index (χ4v) is 1.58. The molecule has 17 heavy (non-hydrogen) atoms. The predicted octanol–water partition coefficient (Wildman–Crippen LogP) is 4.11. The van der Waals surface area contributed by atoms with Crippen LogP contribution in [0.25, 0.3) is 0 Å². The molecule has 0 atom stereocenters. The molecule has 2 aromatic rings. The second-order valence-corrected chi connectivity index (χ2v) is 4.23. The molecule has 0 heterocycles. The zero-order valence-corrected chi connectivity index (χ0v) is 10.1. The second-order valence-electron chi connectivity index (χ2n) is 3.83. The fourth-order valence-electron chi connectivity index (χ4n) is 1.46. The molecule has 0 aliphatic heterocycles. The monoisotopic (exact) mass is 250 g/mol. The van der Waals surface area contributed by atoms with Crippen LogP contribution < -0.4 is 11.1 Å². The number of hydrogen-bond acceptors (Lipinski definition) is 2. The Morgan fingerprint density at radius 1 is 1.12 bits per heavy atom. The molecule has 0 saturated carbocycles. The Kier molecular flexibility index (Phi) is 3.20. The van der Waals surface area contributed by atoms with Crippen LogP contribution in [0.4, 0.5) is 21.5 Å². The second kappa shape index (κ2) is 4.63. The Hall–Kier alpha value is -1.74. The third-order valence-corrected chi connectivity index (χ3v) is 2.79. The SMILES string of the molecule is Cc1ccc(Nc2ccc(Cl)c(F)c2)cc1N. The molecule has 0 radical (unpaired) electrons. The molecule has 3 N–H and O–H groups in total. The first kappa shape index (κ1) is 11.7. The third kappa shape index (κ3) is 2.68. The van der Waals surface area contributed by atoms with Crippen LogP contribution in [0, 0.1) is 12.7 Å². The maximum absolute atomic E-state index is 13.2. The van der Waals surface area contributed by atoms with Crippen molar-refractivity contribution in [3.63, 3.8) is 0 Å². The van der Waals surface area contributed by atoms with Gasteiger partial charge >= 0.3 is 0 Å². The minimum atomic E-state index is -0.447. The topological polar surface area (TPSA) is 38.0 Å². The normalized spacial score (nSPS) is 10.3. The zero-order chi connectivity index (χ0) is 12.4. The fraction of sp³-hybridized carbons (Fsp3) is 0.0769. The van der Waals surface area contributed by atoms with E-state index in [1.54, 1.807) is 6.07 Å². The average Bonchev–Trinajstić information content (AvgIpc) is 2.29. The average molecular weight is 251 g/mol. The van der Waals surface area contributed by atoms with E-state index in [1.165, 1.54) is 12.1 Å². The quantitative estimate of drug-likeness (QED) is 0.787. The molecule has 0 aliphatic carbocycles. The molecule has 0 aromatic heterocycles. The number of rotatable bonds is 2. The highest BCUT2D eigenvalue weighted by molar-refractivity contribution is 6.30. The number of nitrogens with one attached hydrogen (secondary N) is 1. The lowest BCUT2D eigenvalue weighted by Gasteiger charge is -2.09. The molecule has 88 valence electrons. The Bertz CT molecular complexity index is 506. The van der Waals surface area contributed by atoms with Crippen LogP contribution in [0.3, 0.4) is 0 Å². The van der Waals surface area contributed by atoms with E-state index in [2.05, 4.69) is 5.32 Å². The Labute approximate surface area is 104 Å². The lowest BCUT2D eigenvalue weighted by Crippen LogP contribution is -1.94. The van der Waals surface area contributed by atoms with E-state index in [1.807, 2.05) is 25.1 Å². The van der Waals surface area contributed by atoms with Gasteiger partial charge in [-0.3, -0.25) is 0 Å². The van der Waals surface area contributed by atoms with Crippen molar-refractivity contribution in [1.82, 2.24) is 0 Å². The summed E-state index contributed by atoms with van der Waals surface area (Å²) in [6, 6.07) is 10.2. The van der Waals surface area contributed by atoms with E-state index in [9.17, 15) is 4.39 Å². The standard InChI is InChI=1S/C13H12ClFN2/c1-8-2-3-10(7-13(8)16)17-9-4-5-11(14)12(15)6-9/h2-7,17H,16H2,1H3. The van der Waals surface area contributed by atoms with E-state index in [-0.39, 0.29) is 5.02 Å². The van der Waals surface area contributed by atoms with Gasteiger partial charge in [0.15, 0.2) is 0 Å². The number of benzene rings is 2. The summed E-state index contributed by atoms with van der Waals surface area (Å²) in [6.45, 7) is 1.93. The van der Waals surface area contributed by atoms with Crippen LogP contribution in [0.2, 0.25) is 5.02 Å². The van der Waals surface area contributed by atoms with Gasteiger partial charge in [-0.1, -0.05) is 17.7 Å². The van der Waals surface area contributed by atoms with Gasteiger partial charge in [-0.2, -0.15) is 0 Å². The van der Waals surface area contributed by atoms with Gasteiger partial charge in [0.05, 0.1) is 5.02 Å². The van der Waals surface area contributed by atoms with Crippen molar-refractivity contribution in [2.24, 2.45) is 0 Å². The van der Waals surface area contributed by atoms with Crippen LogP contribution in [0.15, 0.2) is 36.4 Å². The summed E-state index contributed by atoms with van der Waals surface area (Å²) in [5.74, 6) is -0.447. The van der Waals surface area contributed by atoms with E-state index in [4.69, 9.17) is 17.3 Å². The van der Waals surface area contributed by atoms with Crippen molar-refractivity contribution in [1.29, 1.82) is 0 Å². The van der Waals surface area contributed by atoms with Crippen molar-refractivity contribution < 1.29 is 4.39 Å². The largest absolute Gasteiger partial charge is 0.398 e. The van der Waals surface area contributed by atoms with Crippen LogP contribution in [-0.2, 0) is 0 Å². The van der Waals surface area contributed by atoms with Gasteiger partial charge < -0.3 is 11.1 Å². The van der Waals surface area contributed by atoms with Crippen molar-refractivity contribution >= 4 is 28.7 Å². The van der Waals surface area contributed by atoms with E-state index in [0.717, 1.165) is 11.3 Å². The highest BCUT2D eigenvalue weighted by Crippen LogP contribution is 2.24. The van der Waals surface area contributed by atoms with Gasteiger partial charge in [-0.25, -0.2) is 4.39 Å². The van der Waals surface area contributed by atoms with Crippen LogP contribution in [0.5, 0.6) is 0 Å². The molecule has 0 fully saturated rings. The molecule has 0 amide bonds. The highest BCUT2D eigenvalue weighted by atomic mass is 35.5. The van der Waals surface area contributed by atoms with E-state index < -0.39 is 5.82 Å². The molecular formula is C13H12ClFN2. The van der Waals surface area contributed by atoms with Gasteiger partial charge in [0.25, 0.3) is 0 Å². The number of aryl methyl sites for hydroxylation is 1. The maximum atomic E-state index is 13.2. The molecule has 0 spiro atoms. The van der Waals surface area contributed by atoms with Crippen molar-refractivity contribution in [2.45, 2.75) is 6.92 Å². The van der Waals surface area contributed by atoms with Gasteiger partial charge in [0.2, 0.25) is 0 Å². The number of anilines is 3.